The van der Waals surface area contributed by atoms with Gasteiger partial charge in [0.15, 0.2) is 0 Å². The second-order valence-electron chi connectivity index (χ2n) is 17.6. The molecule has 330 valence electrons. The molecular formula is C44H58N6O9S2. The Morgan fingerprint density at radius 3 is 2.48 bits per heavy atom. The number of carbonyl (C=O) groups excluding carboxylic acids is 4. The summed E-state index contributed by atoms with van der Waals surface area (Å²) in [5.41, 5.74) is -0.555. The van der Waals surface area contributed by atoms with E-state index in [1.807, 2.05) is 53.9 Å². The highest BCUT2D eigenvalue weighted by atomic mass is 32.2. The number of amides is 4. The summed E-state index contributed by atoms with van der Waals surface area (Å²) in [5.74, 6) is -2.08. The molecule has 1 aromatic carbocycles. The molecule has 2 saturated carbocycles. The first-order chi connectivity index (χ1) is 29.2. The molecule has 17 heteroatoms. The second-order valence-corrected chi connectivity index (χ2v) is 20.5. The van der Waals surface area contributed by atoms with Crippen LogP contribution in [0.1, 0.15) is 104 Å². The van der Waals surface area contributed by atoms with Crippen molar-refractivity contribution in [2.24, 2.45) is 5.92 Å². The molecule has 6 atom stereocenters. The summed E-state index contributed by atoms with van der Waals surface area (Å²) in [6.07, 6.45) is 9.26. The monoisotopic (exact) mass is 878 g/mol. The van der Waals surface area contributed by atoms with Crippen LogP contribution in [0.25, 0.3) is 21.6 Å². The van der Waals surface area contributed by atoms with E-state index in [0.29, 0.717) is 68.3 Å². The van der Waals surface area contributed by atoms with Crippen LogP contribution in [-0.2, 0) is 33.9 Å². The number of carbonyl (C=O) groups is 4. The maximum absolute atomic E-state index is 15.3. The minimum atomic E-state index is -3.93. The number of benzene rings is 1. The van der Waals surface area contributed by atoms with Crippen LogP contribution in [0.2, 0.25) is 0 Å². The van der Waals surface area contributed by atoms with E-state index in [0.717, 1.165) is 30.6 Å². The SMILES string of the molecule is COCCCCC[C@H]1[C@H](Oc2nc3ccccc3nc2-c2cccs2)CC2C(=O)NC3(C(=O)NS(=O)(=O)C4CC4)CC3/C=C\CCCCCC(NC(=O)OC(C)(C)C)C(=O)N21. The number of sulfonamides is 1. The Labute approximate surface area is 361 Å². The molecule has 3 fully saturated rings. The highest BCUT2D eigenvalue weighted by Gasteiger charge is 2.62. The normalized spacial score (nSPS) is 26.6. The van der Waals surface area contributed by atoms with Gasteiger partial charge in [-0.15, -0.1) is 11.3 Å². The number of ether oxygens (including phenoxy) is 3. The highest BCUT2D eigenvalue weighted by molar-refractivity contribution is 7.91. The van der Waals surface area contributed by atoms with E-state index in [4.69, 9.17) is 24.2 Å². The topological polar surface area (TPSA) is 195 Å². The Morgan fingerprint density at radius 1 is 1.00 bits per heavy atom. The molecule has 4 unspecified atom stereocenters. The second kappa shape index (κ2) is 18.8. The van der Waals surface area contributed by atoms with Gasteiger partial charge in [-0.2, -0.15) is 0 Å². The molecule has 1 saturated heterocycles. The number of nitrogens with one attached hydrogen (secondary N) is 3. The number of unbranched alkanes of at least 4 members (excludes halogenated alkanes) is 2. The van der Waals surface area contributed by atoms with Gasteiger partial charge in [-0.3, -0.25) is 19.1 Å². The molecular weight excluding hydrogens is 821 g/mol. The first-order valence-electron chi connectivity index (χ1n) is 21.5. The minimum absolute atomic E-state index is 0.0242. The third-order valence-corrected chi connectivity index (χ3v) is 14.4. The molecule has 2 aromatic heterocycles. The van der Waals surface area contributed by atoms with Crippen molar-refractivity contribution in [2.45, 2.75) is 145 Å². The van der Waals surface area contributed by atoms with Gasteiger partial charge in [0.25, 0.3) is 5.91 Å². The predicted octanol–water partition coefficient (Wildman–Crippen LogP) is 6.18. The van der Waals surface area contributed by atoms with Gasteiger partial charge in [-0.1, -0.05) is 56.0 Å². The first-order valence-corrected chi connectivity index (χ1v) is 23.9. The maximum atomic E-state index is 15.3. The van der Waals surface area contributed by atoms with Crippen LogP contribution in [0.15, 0.2) is 53.9 Å². The number of para-hydroxylation sites is 2. The Kier molecular flexibility index (Phi) is 13.7. The number of aromatic nitrogens is 2. The zero-order valence-corrected chi connectivity index (χ0v) is 37.0. The maximum Gasteiger partial charge on any atom is 0.408 e. The number of thiophene rings is 1. The summed E-state index contributed by atoms with van der Waals surface area (Å²) < 4.78 is 46.2. The number of rotatable bonds is 13. The number of hydrogen-bond acceptors (Lipinski definition) is 12. The first kappa shape index (κ1) is 44.4. The summed E-state index contributed by atoms with van der Waals surface area (Å²) in [7, 11) is -2.28. The summed E-state index contributed by atoms with van der Waals surface area (Å²) in [4.78, 5) is 69.9. The van der Waals surface area contributed by atoms with Crippen molar-refractivity contribution in [1.82, 2.24) is 30.2 Å². The fraction of sp³-hybridized carbons (Fsp3) is 0.591. The van der Waals surface area contributed by atoms with E-state index in [2.05, 4.69) is 15.4 Å². The van der Waals surface area contributed by atoms with E-state index >= 15 is 4.79 Å². The van der Waals surface area contributed by atoms with E-state index in [-0.39, 0.29) is 18.7 Å². The van der Waals surface area contributed by atoms with Gasteiger partial charge < -0.3 is 29.7 Å². The molecule has 2 aliphatic carbocycles. The molecule has 61 heavy (non-hydrogen) atoms. The standard InChI is InChI=1S/C44H58N6O9S2/c1-43(2,3)59-42(54)47-32-19-10-7-5-6-9-16-28-27-44(28,41(53)49-61(55,56)29-22-23-29)48-38(51)34-26-35(33(50(34)40(32)52)20-11-8-14-24-57-4)58-39-37(36-21-15-25-60-36)45-30-17-12-13-18-31(30)46-39/h9,12-13,15-18,21,25,28-29,32-35H,5-8,10-11,14,19-20,22-24,26-27H2,1-4H3,(H,47,54)(H,48,51)(H,49,53)/b16-9-/t28?,32?,33-,34?,35+,44?/m0/s1. The Balaban J connectivity index is 1.29. The van der Waals surface area contributed by atoms with E-state index in [9.17, 15) is 22.8 Å². The molecule has 15 nitrogen and oxygen atoms in total. The smallest absolute Gasteiger partial charge is 0.408 e. The predicted molar refractivity (Wildman–Crippen MR) is 231 cm³/mol. The number of hydrogen-bond donors (Lipinski definition) is 3. The fourth-order valence-electron chi connectivity index (χ4n) is 8.36. The summed E-state index contributed by atoms with van der Waals surface area (Å²) in [6, 6.07) is 8.43. The molecule has 4 aliphatic rings. The number of alkyl carbamates (subject to hydrolysis) is 1. The molecule has 4 amide bonds. The van der Waals surface area contributed by atoms with Crippen molar-refractivity contribution >= 4 is 56.2 Å². The van der Waals surface area contributed by atoms with Gasteiger partial charge >= 0.3 is 6.09 Å². The van der Waals surface area contributed by atoms with Crippen molar-refractivity contribution in [3.63, 3.8) is 0 Å². The van der Waals surface area contributed by atoms with Crippen molar-refractivity contribution in [1.29, 1.82) is 0 Å². The number of nitrogens with zero attached hydrogens (tertiary/aromatic N) is 3. The average molecular weight is 879 g/mol. The van der Waals surface area contributed by atoms with Gasteiger partial charge in [0.2, 0.25) is 27.7 Å². The molecule has 3 N–H and O–H groups in total. The van der Waals surface area contributed by atoms with Gasteiger partial charge in [0, 0.05) is 26.1 Å². The van der Waals surface area contributed by atoms with Crippen molar-refractivity contribution < 1.29 is 41.8 Å². The summed E-state index contributed by atoms with van der Waals surface area (Å²) in [6.45, 7) is 5.79. The van der Waals surface area contributed by atoms with Crippen molar-refractivity contribution in [3.05, 3.63) is 53.9 Å². The highest BCUT2D eigenvalue weighted by Crippen LogP contribution is 2.46. The Hall–Kier alpha value is -4.61. The molecule has 3 aromatic rings. The van der Waals surface area contributed by atoms with Crippen LogP contribution in [-0.4, -0.2) is 101 Å². The Bertz CT molecular complexity index is 2210. The van der Waals surface area contributed by atoms with Gasteiger partial charge in [-0.25, -0.2) is 23.2 Å². The third-order valence-electron chi connectivity index (χ3n) is 11.7. The molecule has 0 spiro atoms. The molecule has 7 rings (SSSR count). The number of allylic oxidation sites excluding steroid dienone is 1. The molecule has 4 heterocycles. The number of methoxy groups -OCH3 is 1. The third kappa shape index (κ3) is 10.7. The zero-order valence-electron chi connectivity index (χ0n) is 35.4. The van der Waals surface area contributed by atoms with E-state index in [1.165, 1.54) is 16.2 Å². The van der Waals surface area contributed by atoms with Gasteiger partial charge in [0.1, 0.15) is 35.0 Å². The van der Waals surface area contributed by atoms with Crippen LogP contribution >= 0.6 is 11.3 Å². The minimum Gasteiger partial charge on any atom is -0.470 e. The lowest BCUT2D eigenvalue weighted by Gasteiger charge is -2.35. The van der Waals surface area contributed by atoms with E-state index < -0.39 is 80.4 Å². The van der Waals surface area contributed by atoms with Gasteiger partial charge in [0.05, 0.1) is 27.2 Å². The van der Waals surface area contributed by atoms with Crippen molar-refractivity contribution in [2.75, 3.05) is 13.7 Å². The summed E-state index contributed by atoms with van der Waals surface area (Å²) in [5, 5.41) is 7.11. The average Bonchev–Trinajstić information content (AvgIpc) is 4.09. The van der Waals surface area contributed by atoms with Crippen LogP contribution in [0.5, 0.6) is 5.88 Å². The lowest BCUT2D eigenvalue weighted by atomic mass is 10.0. The van der Waals surface area contributed by atoms with Gasteiger partial charge in [-0.05, 0) is 95.7 Å². The van der Waals surface area contributed by atoms with Crippen LogP contribution in [0.4, 0.5) is 4.79 Å². The van der Waals surface area contributed by atoms with Crippen LogP contribution in [0.3, 0.4) is 0 Å². The molecule has 0 bridgehead atoms. The lowest BCUT2D eigenvalue weighted by Crippen LogP contribution is -2.60. The quantitative estimate of drug-likeness (QED) is 0.131. The zero-order chi connectivity index (χ0) is 43.4. The largest absolute Gasteiger partial charge is 0.470 e. The van der Waals surface area contributed by atoms with Crippen molar-refractivity contribution in [3.8, 4) is 16.5 Å². The Morgan fingerprint density at radius 2 is 1.77 bits per heavy atom. The molecule has 2 aliphatic heterocycles. The fourth-order valence-corrected chi connectivity index (χ4v) is 10.4. The van der Waals surface area contributed by atoms with Crippen LogP contribution in [0, 0.1) is 5.92 Å². The van der Waals surface area contributed by atoms with E-state index in [1.54, 1.807) is 27.9 Å². The number of fused-ring (bicyclic) bond motifs is 3. The molecule has 0 radical (unpaired) electrons. The van der Waals surface area contributed by atoms with Crippen LogP contribution < -0.4 is 20.1 Å². The lowest BCUT2D eigenvalue weighted by molar-refractivity contribution is -0.143. The summed E-state index contributed by atoms with van der Waals surface area (Å²) >= 11 is 1.48.